The molecule has 2 aliphatic carbocycles. The molecule has 1 aromatic heterocycles. The summed E-state index contributed by atoms with van der Waals surface area (Å²) < 4.78 is 46.1. The Hall–Kier alpha value is -4.14. The summed E-state index contributed by atoms with van der Waals surface area (Å²) in [5.74, 6) is -0.539. The van der Waals surface area contributed by atoms with Crippen molar-refractivity contribution in [2.24, 2.45) is 5.92 Å². The summed E-state index contributed by atoms with van der Waals surface area (Å²) in [5.41, 5.74) is 0.223. The van der Waals surface area contributed by atoms with Crippen molar-refractivity contribution < 1.29 is 41.8 Å². The number of pyridine rings is 1. The Kier molecular flexibility index (Phi) is 11.8. The standard InChI is InChI=1S/C40H55N5O9S/c1-52-33-21-31-29-19-25(33)13-9-5-3-8-12-16-35(46)41-30-15-11-7-4-6-10-14-26-23-40(26,39(49)44-55(50,51)28-17-18-28)43-37(47)32-20-27(24-45(32)38(30)48)54-34(29)22-36(42-31)53-2/h19,21-22,26-28,30,32H,3-18,20,23-24H2,1-2H3,(H,41,46)(H,43,47)(H,44,49)/t26-,27+,30-,32-,40+/m0/s1. The fourth-order valence-corrected chi connectivity index (χ4v) is 10.0. The molecule has 55 heavy (non-hydrogen) atoms. The minimum atomic E-state index is -3.86. The van der Waals surface area contributed by atoms with Gasteiger partial charge in [-0.25, -0.2) is 13.4 Å². The predicted octanol–water partition coefficient (Wildman–Crippen LogP) is 4.21. The van der Waals surface area contributed by atoms with Crippen molar-refractivity contribution in [3.8, 4) is 17.4 Å². The first-order valence-electron chi connectivity index (χ1n) is 20.2. The van der Waals surface area contributed by atoms with Gasteiger partial charge in [0, 0.05) is 30.4 Å². The second-order valence-electron chi connectivity index (χ2n) is 16.1. The van der Waals surface area contributed by atoms with Crippen molar-refractivity contribution in [1.29, 1.82) is 0 Å². The highest BCUT2D eigenvalue weighted by molar-refractivity contribution is 7.91. The van der Waals surface area contributed by atoms with Crippen LogP contribution in [0.2, 0.25) is 0 Å². The number of rotatable bonds is 5. The number of carbonyl (C=O) groups excluding carboxylic acids is 4. The second-order valence-corrected chi connectivity index (χ2v) is 18.1. The van der Waals surface area contributed by atoms with Gasteiger partial charge in [-0.1, -0.05) is 51.4 Å². The zero-order valence-electron chi connectivity index (χ0n) is 32.0. The zero-order chi connectivity index (χ0) is 38.7. The van der Waals surface area contributed by atoms with Crippen LogP contribution in [0, 0.1) is 5.92 Å². The predicted molar refractivity (Wildman–Crippen MR) is 204 cm³/mol. The minimum Gasteiger partial charge on any atom is -0.496 e. The summed E-state index contributed by atoms with van der Waals surface area (Å²) in [5, 5.41) is 6.14. The van der Waals surface area contributed by atoms with Crippen LogP contribution >= 0.6 is 0 Å². The maximum absolute atomic E-state index is 14.6. The van der Waals surface area contributed by atoms with E-state index in [0.29, 0.717) is 67.8 Å². The Morgan fingerprint density at radius 2 is 1.62 bits per heavy atom. The molecule has 0 unspecified atom stereocenters. The van der Waals surface area contributed by atoms with Gasteiger partial charge in [-0.2, -0.15) is 0 Å². The zero-order valence-corrected chi connectivity index (χ0v) is 32.8. The van der Waals surface area contributed by atoms with Crippen LogP contribution in [0.3, 0.4) is 0 Å². The molecule has 5 bridgehead atoms. The number of sulfonamides is 1. The fraction of sp³-hybridized carbons (Fsp3) is 0.675. The van der Waals surface area contributed by atoms with E-state index in [-0.39, 0.29) is 30.7 Å². The highest BCUT2D eigenvalue weighted by atomic mass is 32.2. The van der Waals surface area contributed by atoms with E-state index in [1.54, 1.807) is 13.2 Å². The third-order valence-electron chi connectivity index (χ3n) is 12.1. The molecule has 5 aliphatic rings. The molecule has 5 atom stereocenters. The minimum absolute atomic E-state index is 0.0527. The fourth-order valence-electron chi connectivity index (χ4n) is 8.66. The van der Waals surface area contributed by atoms with Gasteiger partial charge in [0.25, 0.3) is 5.91 Å². The molecule has 1 aromatic carbocycles. The number of nitrogens with zero attached hydrogens (tertiary/aromatic N) is 2. The van der Waals surface area contributed by atoms with E-state index < -0.39 is 50.8 Å². The van der Waals surface area contributed by atoms with E-state index in [2.05, 4.69) is 20.3 Å². The van der Waals surface area contributed by atoms with Crippen molar-refractivity contribution in [3.05, 3.63) is 23.8 Å². The summed E-state index contributed by atoms with van der Waals surface area (Å²) in [6, 6.07) is 3.74. The van der Waals surface area contributed by atoms with Gasteiger partial charge in [0.2, 0.25) is 33.6 Å². The highest BCUT2D eigenvalue weighted by Crippen LogP contribution is 2.48. The first kappa shape index (κ1) is 39.1. The van der Waals surface area contributed by atoms with E-state index in [4.69, 9.17) is 14.2 Å². The number of fused-ring (bicyclic) bond motifs is 4. The smallest absolute Gasteiger partial charge is 0.259 e. The number of amides is 4. The maximum atomic E-state index is 14.6. The van der Waals surface area contributed by atoms with E-state index in [1.165, 1.54) is 12.0 Å². The molecule has 0 radical (unpaired) electrons. The van der Waals surface area contributed by atoms with Crippen molar-refractivity contribution in [1.82, 2.24) is 25.2 Å². The van der Waals surface area contributed by atoms with Crippen LogP contribution in [-0.4, -0.2) is 91.7 Å². The van der Waals surface area contributed by atoms with Gasteiger partial charge in [-0.15, -0.1) is 0 Å². The average Bonchev–Trinajstić information content (AvgIpc) is 4.09. The molecule has 14 nitrogen and oxygen atoms in total. The number of hydrogen-bond acceptors (Lipinski definition) is 10. The van der Waals surface area contributed by atoms with Crippen LogP contribution < -0.4 is 29.6 Å². The Morgan fingerprint density at radius 1 is 0.909 bits per heavy atom. The molecule has 3 N–H and O–H groups in total. The highest BCUT2D eigenvalue weighted by Gasteiger charge is 2.62. The van der Waals surface area contributed by atoms with E-state index in [1.807, 2.05) is 12.1 Å². The van der Waals surface area contributed by atoms with E-state index in [9.17, 15) is 27.6 Å². The van der Waals surface area contributed by atoms with Crippen LogP contribution in [-0.2, 0) is 35.6 Å². The summed E-state index contributed by atoms with van der Waals surface area (Å²) in [4.78, 5) is 62.3. The number of aromatic nitrogens is 1. The van der Waals surface area contributed by atoms with Crippen molar-refractivity contribution in [3.63, 3.8) is 0 Å². The molecule has 4 fully saturated rings. The number of benzene rings is 1. The molecule has 3 aliphatic heterocycles. The third kappa shape index (κ3) is 8.81. The molecule has 0 spiro atoms. The molecule has 2 saturated carbocycles. The largest absolute Gasteiger partial charge is 0.496 e. The van der Waals surface area contributed by atoms with Gasteiger partial charge in [0.05, 0.1) is 31.5 Å². The number of nitrogens with one attached hydrogen (secondary N) is 3. The Labute approximate surface area is 323 Å². The number of ether oxygens (including phenoxy) is 3. The third-order valence-corrected chi connectivity index (χ3v) is 13.9. The molecule has 4 amide bonds. The number of hydrogen-bond donors (Lipinski definition) is 3. The molecular formula is C40H55N5O9S. The van der Waals surface area contributed by atoms with Crippen molar-refractivity contribution in [2.45, 2.75) is 145 Å². The summed E-state index contributed by atoms with van der Waals surface area (Å²) in [6.07, 6.45) is 11.7. The summed E-state index contributed by atoms with van der Waals surface area (Å²) >= 11 is 0. The SMILES string of the molecule is COc1cc2c3cc(c(OC)cc3n1)CCCCCCCC(=O)N[C@H]1CCCCCCC[C@H]3C[C@@]3(C(=O)NS(=O)(=O)C3CC3)NC(=O)[C@@H]3C[C@H](CN3C1=O)O2. The van der Waals surface area contributed by atoms with Crippen LogP contribution in [0.5, 0.6) is 17.4 Å². The lowest BCUT2D eigenvalue weighted by atomic mass is 10.0. The van der Waals surface area contributed by atoms with E-state index >= 15 is 0 Å². The Morgan fingerprint density at radius 3 is 2.35 bits per heavy atom. The van der Waals surface area contributed by atoms with Crippen LogP contribution in [0.1, 0.15) is 115 Å². The van der Waals surface area contributed by atoms with Crippen molar-refractivity contribution in [2.75, 3.05) is 20.8 Å². The summed E-state index contributed by atoms with van der Waals surface area (Å²) in [6.45, 7) is 0.0527. The molecular weight excluding hydrogens is 727 g/mol. The molecule has 7 rings (SSSR count). The van der Waals surface area contributed by atoms with Crippen LogP contribution in [0.25, 0.3) is 10.9 Å². The second kappa shape index (κ2) is 16.5. The quantitative estimate of drug-likeness (QED) is 0.398. The van der Waals surface area contributed by atoms with E-state index in [0.717, 1.165) is 75.2 Å². The van der Waals surface area contributed by atoms with Gasteiger partial charge in [0.15, 0.2) is 0 Å². The van der Waals surface area contributed by atoms with Gasteiger partial charge in [-0.05, 0) is 68.9 Å². The van der Waals surface area contributed by atoms with Crippen LogP contribution in [0.4, 0.5) is 0 Å². The molecule has 2 aromatic rings. The first-order valence-corrected chi connectivity index (χ1v) is 21.8. The Bertz CT molecular complexity index is 1900. The lowest BCUT2D eigenvalue weighted by Crippen LogP contribution is -2.58. The Balaban J connectivity index is 1.24. The monoisotopic (exact) mass is 781 g/mol. The van der Waals surface area contributed by atoms with Crippen LogP contribution in [0.15, 0.2) is 18.2 Å². The number of carbonyl (C=O) groups is 4. The van der Waals surface area contributed by atoms with Gasteiger partial charge >= 0.3 is 0 Å². The van der Waals surface area contributed by atoms with Gasteiger partial charge in [0.1, 0.15) is 35.2 Å². The lowest BCUT2D eigenvalue weighted by Gasteiger charge is -2.30. The molecule has 2 saturated heterocycles. The topological polar surface area (TPSA) is 182 Å². The summed E-state index contributed by atoms with van der Waals surface area (Å²) in [7, 11) is -0.703. The number of methoxy groups -OCH3 is 2. The average molecular weight is 782 g/mol. The van der Waals surface area contributed by atoms with Gasteiger partial charge in [-0.3, -0.25) is 23.9 Å². The maximum Gasteiger partial charge on any atom is 0.259 e. The normalized spacial score (nSPS) is 28.6. The first-order chi connectivity index (χ1) is 26.5. The molecule has 4 heterocycles. The molecule has 15 heteroatoms. The lowest BCUT2D eigenvalue weighted by molar-refractivity contribution is -0.142. The molecule has 300 valence electrons. The van der Waals surface area contributed by atoms with Gasteiger partial charge < -0.3 is 29.7 Å². The number of aryl methyl sites for hydroxylation is 1. The van der Waals surface area contributed by atoms with Crippen molar-refractivity contribution >= 4 is 44.6 Å².